The van der Waals surface area contributed by atoms with Crippen molar-refractivity contribution in [3.05, 3.63) is 23.8 Å². The molecule has 0 amide bonds. The number of ether oxygens (including phenoxy) is 1. The molecule has 1 heterocycles. The summed E-state index contributed by atoms with van der Waals surface area (Å²) in [6.07, 6.45) is 1.79. The summed E-state index contributed by atoms with van der Waals surface area (Å²) in [6, 6.07) is 3.55. The van der Waals surface area contributed by atoms with Gasteiger partial charge in [-0.05, 0) is 19.7 Å². The highest BCUT2D eigenvalue weighted by atomic mass is 16.5. The largest absolute Gasteiger partial charge is 0.481 e. The molecule has 0 fully saturated rings. The van der Waals surface area contributed by atoms with E-state index in [-0.39, 0.29) is 0 Å². The first-order valence-corrected chi connectivity index (χ1v) is 4.16. The van der Waals surface area contributed by atoms with Gasteiger partial charge in [-0.15, -0.1) is 0 Å². The van der Waals surface area contributed by atoms with Crippen LogP contribution >= 0.6 is 0 Å². The molecule has 0 unspecified atom stereocenters. The molecule has 0 saturated heterocycles. The number of nitrogens with zero attached hydrogens (tertiary/aromatic N) is 2. The maximum Gasteiger partial charge on any atom is 0.215 e. The van der Waals surface area contributed by atoms with Crippen LogP contribution in [0.15, 0.2) is 23.2 Å². The molecule has 1 aromatic rings. The van der Waals surface area contributed by atoms with E-state index >= 15 is 0 Å². The van der Waals surface area contributed by atoms with Crippen molar-refractivity contribution in [2.75, 3.05) is 7.11 Å². The first kappa shape index (κ1) is 10.2. The lowest BCUT2D eigenvalue weighted by atomic mass is 10.2. The van der Waals surface area contributed by atoms with Crippen molar-refractivity contribution in [1.82, 2.24) is 4.98 Å². The topological polar surface area (TPSA) is 60.5 Å². The van der Waals surface area contributed by atoms with Gasteiger partial charge in [-0.1, -0.05) is 6.08 Å². The highest BCUT2D eigenvalue weighted by molar-refractivity contribution is 5.71. The van der Waals surface area contributed by atoms with Gasteiger partial charge in [0.05, 0.1) is 7.11 Å². The zero-order chi connectivity index (χ0) is 10.6. The van der Waals surface area contributed by atoms with E-state index in [1.165, 1.54) is 0 Å². The molecule has 4 nitrogen and oxygen atoms in total. The van der Waals surface area contributed by atoms with E-state index in [4.69, 9.17) is 10.5 Å². The predicted molar refractivity (Wildman–Crippen MR) is 57.8 cm³/mol. The van der Waals surface area contributed by atoms with Crippen LogP contribution in [0.2, 0.25) is 0 Å². The molecule has 74 valence electrons. The molecular weight excluding hydrogens is 178 g/mol. The average molecular weight is 191 g/mol. The molecule has 14 heavy (non-hydrogen) atoms. The average Bonchev–Trinajstić information content (AvgIpc) is 2.27. The summed E-state index contributed by atoms with van der Waals surface area (Å²) in [5.74, 6) is 0.986. The van der Waals surface area contributed by atoms with Gasteiger partial charge in [-0.2, -0.15) is 4.98 Å². The molecular formula is C10H13N3O. The van der Waals surface area contributed by atoms with E-state index in [2.05, 4.69) is 16.7 Å². The minimum Gasteiger partial charge on any atom is -0.481 e. The van der Waals surface area contributed by atoms with E-state index in [0.29, 0.717) is 17.4 Å². The van der Waals surface area contributed by atoms with Crippen LogP contribution in [0.3, 0.4) is 0 Å². The summed E-state index contributed by atoms with van der Waals surface area (Å²) in [6.45, 7) is 5.29. The molecule has 0 atom stereocenters. The van der Waals surface area contributed by atoms with Gasteiger partial charge in [0, 0.05) is 17.3 Å². The predicted octanol–water partition coefficient (Wildman–Crippen LogP) is 1.74. The summed E-state index contributed by atoms with van der Waals surface area (Å²) in [4.78, 5) is 7.89. The Bertz CT molecular complexity index is 372. The molecule has 1 rings (SSSR count). The number of aliphatic imine (C=N–C) groups is 1. The molecule has 1 aromatic heterocycles. The van der Waals surface area contributed by atoms with Crippen LogP contribution in [-0.2, 0) is 0 Å². The summed E-state index contributed by atoms with van der Waals surface area (Å²) in [7, 11) is 1.55. The molecule has 0 bridgehead atoms. The summed E-state index contributed by atoms with van der Waals surface area (Å²) < 4.78 is 4.97. The fourth-order valence-corrected chi connectivity index (χ4v) is 1.05. The van der Waals surface area contributed by atoms with E-state index in [0.717, 1.165) is 5.56 Å². The molecule has 0 aliphatic heterocycles. The molecule has 0 saturated carbocycles. The maximum absolute atomic E-state index is 5.75. The Labute approximate surface area is 83.1 Å². The Morgan fingerprint density at radius 1 is 1.64 bits per heavy atom. The number of methoxy groups -OCH3 is 1. The molecule has 2 N–H and O–H groups in total. The monoisotopic (exact) mass is 191 g/mol. The van der Waals surface area contributed by atoms with E-state index in [9.17, 15) is 0 Å². The molecule has 0 aromatic carbocycles. The first-order chi connectivity index (χ1) is 6.72. The first-order valence-electron chi connectivity index (χ1n) is 4.16. The minimum absolute atomic E-state index is 0.486. The zero-order valence-electron chi connectivity index (χ0n) is 8.32. The molecule has 0 aliphatic rings. The Hall–Kier alpha value is -1.84. The van der Waals surface area contributed by atoms with Gasteiger partial charge in [0.25, 0.3) is 0 Å². The number of nitrogens with two attached hydrogens (primary N) is 1. The van der Waals surface area contributed by atoms with E-state index in [1.807, 2.05) is 13.0 Å². The SMILES string of the molecule is C=Nc1nc(OC)ccc1/C(N)=C\C. The van der Waals surface area contributed by atoms with Gasteiger partial charge in [0.15, 0.2) is 5.82 Å². The Morgan fingerprint density at radius 2 is 2.36 bits per heavy atom. The molecule has 4 heteroatoms. The van der Waals surface area contributed by atoms with Crippen molar-refractivity contribution < 1.29 is 4.74 Å². The number of hydrogen-bond acceptors (Lipinski definition) is 4. The summed E-state index contributed by atoms with van der Waals surface area (Å²) >= 11 is 0. The Morgan fingerprint density at radius 3 is 2.86 bits per heavy atom. The van der Waals surface area contributed by atoms with Crippen molar-refractivity contribution >= 4 is 18.2 Å². The van der Waals surface area contributed by atoms with Crippen molar-refractivity contribution in [3.8, 4) is 5.88 Å². The van der Waals surface area contributed by atoms with Crippen LogP contribution < -0.4 is 10.5 Å². The quantitative estimate of drug-likeness (QED) is 0.740. The third kappa shape index (κ3) is 1.90. The standard InChI is InChI=1S/C10H13N3O/c1-4-8(11)7-5-6-9(14-3)13-10(7)12-2/h4-6H,2,11H2,1,3H3/b8-4+. The van der Waals surface area contributed by atoms with Gasteiger partial charge in [0.2, 0.25) is 5.88 Å². The lowest BCUT2D eigenvalue weighted by Crippen LogP contribution is -1.98. The lowest BCUT2D eigenvalue weighted by molar-refractivity contribution is 0.398. The number of pyridine rings is 1. The van der Waals surface area contributed by atoms with Crippen molar-refractivity contribution in [2.24, 2.45) is 10.7 Å². The summed E-state index contributed by atoms with van der Waals surface area (Å²) in [5.41, 5.74) is 7.15. The van der Waals surface area contributed by atoms with Crippen LogP contribution in [0.5, 0.6) is 5.88 Å². The number of allylic oxidation sites excluding steroid dienone is 1. The highest BCUT2D eigenvalue weighted by Crippen LogP contribution is 2.23. The normalized spacial score (nSPS) is 11.1. The third-order valence-electron chi connectivity index (χ3n) is 1.83. The van der Waals surface area contributed by atoms with Gasteiger partial charge in [-0.3, -0.25) is 0 Å². The number of hydrogen-bond donors (Lipinski definition) is 1. The van der Waals surface area contributed by atoms with E-state index in [1.54, 1.807) is 19.3 Å². The van der Waals surface area contributed by atoms with Crippen LogP contribution in [-0.4, -0.2) is 18.8 Å². The lowest BCUT2D eigenvalue weighted by Gasteiger charge is -2.06. The van der Waals surface area contributed by atoms with Crippen LogP contribution in [0.25, 0.3) is 5.70 Å². The minimum atomic E-state index is 0.486. The fourth-order valence-electron chi connectivity index (χ4n) is 1.05. The Kier molecular flexibility index (Phi) is 3.23. The molecule has 0 radical (unpaired) electrons. The second kappa shape index (κ2) is 4.41. The van der Waals surface area contributed by atoms with Crippen molar-refractivity contribution in [3.63, 3.8) is 0 Å². The maximum atomic E-state index is 5.75. The fraction of sp³-hybridized carbons (Fsp3) is 0.200. The zero-order valence-corrected chi connectivity index (χ0v) is 8.32. The second-order valence-electron chi connectivity index (χ2n) is 2.63. The summed E-state index contributed by atoms with van der Waals surface area (Å²) in [5, 5.41) is 0. The third-order valence-corrected chi connectivity index (χ3v) is 1.83. The van der Waals surface area contributed by atoms with Crippen molar-refractivity contribution in [2.45, 2.75) is 6.92 Å². The number of rotatable bonds is 3. The van der Waals surface area contributed by atoms with E-state index < -0.39 is 0 Å². The highest BCUT2D eigenvalue weighted by Gasteiger charge is 2.05. The van der Waals surface area contributed by atoms with Crippen LogP contribution in [0.4, 0.5) is 5.82 Å². The number of aromatic nitrogens is 1. The van der Waals surface area contributed by atoms with Gasteiger partial charge >= 0.3 is 0 Å². The van der Waals surface area contributed by atoms with Gasteiger partial charge in [0.1, 0.15) is 0 Å². The molecule has 0 spiro atoms. The van der Waals surface area contributed by atoms with Gasteiger partial charge in [-0.25, -0.2) is 4.99 Å². The van der Waals surface area contributed by atoms with Crippen molar-refractivity contribution in [1.29, 1.82) is 0 Å². The Balaban J connectivity index is 3.25. The smallest absolute Gasteiger partial charge is 0.215 e. The van der Waals surface area contributed by atoms with Crippen LogP contribution in [0, 0.1) is 0 Å². The second-order valence-corrected chi connectivity index (χ2v) is 2.63. The van der Waals surface area contributed by atoms with Gasteiger partial charge < -0.3 is 10.5 Å². The van der Waals surface area contributed by atoms with Crippen LogP contribution in [0.1, 0.15) is 12.5 Å². The molecule has 0 aliphatic carbocycles.